The summed E-state index contributed by atoms with van der Waals surface area (Å²) >= 11 is 1.39. The maximum atomic E-state index is 14.1. The average molecular weight is 346 g/mol. The summed E-state index contributed by atoms with van der Waals surface area (Å²) in [6, 6.07) is 3.58. The monoisotopic (exact) mass is 346 g/mol. The third-order valence-corrected chi connectivity index (χ3v) is 4.53. The van der Waals surface area contributed by atoms with Crippen LogP contribution in [-0.4, -0.2) is 24.2 Å². The van der Waals surface area contributed by atoms with E-state index in [-0.39, 0.29) is 19.2 Å². The van der Waals surface area contributed by atoms with Crippen LogP contribution in [0.3, 0.4) is 0 Å². The van der Waals surface area contributed by atoms with E-state index in [1.54, 1.807) is 12.1 Å². The number of nitrogens with zero attached hydrogens (tertiary/aromatic N) is 2. The average Bonchev–Trinajstić information content (AvgIpc) is 3.19. The first-order valence-corrected chi connectivity index (χ1v) is 8.03. The molecule has 0 aromatic carbocycles. The Morgan fingerprint density at radius 2 is 1.96 bits per heavy atom. The van der Waals surface area contributed by atoms with Crippen LogP contribution < -0.4 is 4.90 Å². The number of halogens is 4. The molecule has 8 heteroatoms. The number of ether oxygens (including phenoxy) is 1. The number of aromatic nitrogens is 1. The third-order valence-electron chi connectivity index (χ3n) is 3.67. The molecule has 0 radical (unpaired) electrons. The molecule has 124 valence electrons. The Morgan fingerprint density at radius 1 is 1.22 bits per heavy atom. The zero-order valence-corrected chi connectivity index (χ0v) is 12.9. The molecule has 1 aliphatic rings. The molecule has 2 aromatic heterocycles. The van der Waals surface area contributed by atoms with E-state index in [0.29, 0.717) is 6.61 Å². The molecule has 23 heavy (non-hydrogen) atoms. The summed E-state index contributed by atoms with van der Waals surface area (Å²) in [5.41, 5.74) is -0.737. The Kier molecular flexibility index (Phi) is 4.82. The van der Waals surface area contributed by atoms with Gasteiger partial charge in [0.25, 0.3) is 11.9 Å². The lowest BCUT2D eigenvalue weighted by Crippen LogP contribution is -2.33. The van der Waals surface area contributed by atoms with Crippen molar-refractivity contribution in [2.75, 3.05) is 18.1 Å². The lowest BCUT2D eigenvalue weighted by atomic mass is 10.2. The van der Waals surface area contributed by atoms with E-state index in [0.717, 1.165) is 17.7 Å². The van der Waals surface area contributed by atoms with E-state index >= 15 is 0 Å². The molecule has 2 aromatic rings. The van der Waals surface area contributed by atoms with Crippen molar-refractivity contribution >= 4 is 17.0 Å². The molecule has 0 spiro atoms. The first kappa shape index (κ1) is 16.2. The lowest BCUT2D eigenvalue weighted by Gasteiger charge is -2.27. The summed E-state index contributed by atoms with van der Waals surface area (Å²) < 4.78 is 60.5. The molecular weight excluding hydrogens is 332 g/mol. The number of thiophene rings is 1. The van der Waals surface area contributed by atoms with Crippen molar-refractivity contribution in [2.45, 2.75) is 25.5 Å². The van der Waals surface area contributed by atoms with Gasteiger partial charge in [-0.2, -0.15) is 22.5 Å². The molecule has 1 fully saturated rings. The minimum Gasteiger partial charge on any atom is -0.376 e. The number of anilines is 1. The summed E-state index contributed by atoms with van der Waals surface area (Å²) in [6.07, 6.45) is 1.36. The van der Waals surface area contributed by atoms with Gasteiger partial charge >= 0.3 is 0 Å². The second kappa shape index (κ2) is 6.84. The zero-order valence-electron chi connectivity index (χ0n) is 12.1. The molecule has 1 saturated heterocycles. The summed E-state index contributed by atoms with van der Waals surface area (Å²) in [5.74, 6) is -6.28. The van der Waals surface area contributed by atoms with E-state index in [4.69, 9.17) is 4.74 Å². The smallest absolute Gasteiger partial charge is 0.253 e. The molecular formula is C15H14F4N2OS. The largest absolute Gasteiger partial charge is 0.376 e. The van der Waals surface area contributed by atoms with Gasteiger partial charge in [0.15, 0.2) is 0 Å². The molecule has 1 unspecified atom stereocenters. The van der Waals surface area contributed by atoms with E-state index in [1.807, 2.05) is 5.38 Å². The van der Waals surface area contributed by atoms with E-state index in [1.165, 1.54) is 16.2 Å². The first-order valence-electron chi connectivity index (χ1n) is 7.15. The van der Waals surface area contributed by atoms with Crippen molar-refractivity contribution in [1.29, 1.82) is 0 Å². The molecule has 0 bridgehead atoms. The number of pyridine rings is 1. The normalized spacial score (nSPS) is 17.7. The molecule has 0 amide bonds. The fraction of sp³-hybridized carbons (Fsp3) is 0.400. The molecule has 1 aliphatic heterocycles. The topological polar surface area (TPSA) is 25.4 Å². The van der Waals surface area contributed by atoms with Crippen LogP contribution in [0.5, 0.6) is 0 Å². The van der Waals surface area contributed by atoms with E-state index in [9.17, 15) is 17.6 Å². The summed E-state index contributed by atoms with van der Waals surface area (Å²) in [5, 5.41) is 1.82. The van der Waals surface area contributed by atoms with Gasteiger partial charge in [-0.05, 0) is 24.3 Å². The Labute approximate surface area is 134 Å². The Morgan fingerprint density at radius 3 is 2.52 bits per heavy atom. The predicted octanol–water partition coefficient (Wildman–Crippen LogP) is 3.89. The number of hydrogen-bond acceptors (Lipinski definition) is 4. The highest BCUT2D eigenvalue weighted by molar-refractivity contribution is 7.09. The van der Waals surface area contributed by atoms with Gasteiger partial charge in [-0.1, -0.05) is 6.07 Å². The summed E-state index contributed by atoms with van der Waals surface area (Å²) in [6.45, 7) is 0.852. The molecule has 0 aliphatic carbocycles. The van der Waals surface area contributed by atoms with E-state index < -0.39 is 29.2 Å². The van der Waals surface area contributed by atoms with Crippen LogP contribution in [0.15, 0.2) is 17.5 Å². The van der Waals surface area contributed by atoms with Crippen LogP contribution in [-0.2, 0) is 11.3 Å². The molecule has 0 saturated carbocycles. The van der Waals surface area contributed by atoms with Gasteiger partial charge in [-0.15, -0.1) is 11.3 Å². The van der Waals surface area contributed by atoms with Crippen molar-refractivity contribution in [1.82, 2.24) is 4.98 Å². The maximum Gasteiger partial charge on any atom is 0.253 e. The second-order valence-corrected chi connectivity index (χ2v) is 6.30. The zero-order chi connectivity index (χ0) is 16.4. The first-order chi connectivity index (χ1) is 11.1. The van der Waals surface area contributed by atoms with Crippen LogP contribution in [0.25, 0.3) is 0 Å². The van der Waals surface area contributed by atoms with E-state index in [2.05, 4.69) is 4.98 Å². The summed E-state index contributed by atoms with van der Waals surface area (Å²) in [7, 11) is 0. The Balaban J connectivity index is 1.96. The highest BCUT2D eigenvalue weighted by atomic mass is 32.1. The van der Waals surface area contributed by atoms with Crippen molar-refractivity contribution in [3.05, 3.63) is 45.9 Å². The molecule has 0 N–H and O–H groups in total. The molecule has 3 heterocycles. The molecule has 3 rings (SSSR count). The van der Waals surface area contributed by atoms with Crippen LogP contribution in [0.2, 0.25) is 0 Å². The van der Waals surface area contributed by atoms with Crippen molar-refractivity contribution in [3.8, 4) is 0 Å². The number of hydrogen-bond donors (Lipinski definition) is 0. The van der Waals surface area contributed by atoms with Gasteiger partial charge in [0.1, 0.15) is 5.69 Å². The minimum atomic E-state index is -1.65. The van der Waals surface area contributed by atoms with Crippen LogP contribution in [0.4, 0.5) is 23.2 Å². The highest BCUT2D eigenvalue weighted by Crippen LogP contribution is 2.29. The second-order valence-electron chi connectivity index (χ2n) is 5.26. The van der Waals surface area contributed by atoms with Crippen molar-refractivity contribution in [2.24, 2.45) is 0 Å². The fourth-order valence-corrected chi connectivity index (χ4v) is 3.33. The fourth-order valence-electron chi connectivity index (χ4n) is 2.61. The quantitative estimate of drug-likeness (QED) is 0.607. The van der Waals surface area contributed by atoms with Crippen molar-refractivity contribution < 1.29 is 22.3 Å². The van der Waals surface area contributed by atoms with Crippen LogP contribution in [0.1, 0.15) is 17.7 Å². The standard InChI is InChI=1S/C15H14F4N2OS/c16-11-13(12(17)15(19)20-14(11)18)21(7-9-3-1-5-22-9)8-10-4-2-6-23-10/h2,4,6,9H,1,3,5,7-8H2. The van der Waals surface area contributed by atoms with Gasteiger partial charge in [-0.25, -0.2) is 0 Å². The predicted molar refractivity (Wildman–Crippen MR) is 78.4 cm³/mol. The SMILES string of the molecule is Fc1nc(F)c(F)c(N(Cc2cccs2)CC2CCCO2)c1F. The van der Waals surface area contributed by atoms with Gasteiger partial charge < -0.3 is 9.64 Å². The van der Waals surface area contributed by atoms with Gasteiger partial charge in [-0.3, -0.25) is 0 Å². The highest BCUT2D eigenvalue weighted by Gasteiger charge is 2.28. The Hall–Kier alpha value is -1.67. The van der Waals surface area contributed by atoms with Gasteiger partial charge in [0, 0.05) is 18.0 Å². The van der Waals surface area contributed by atoms with Gasteiger partial charge in [0.05, 0.1) is 12.6 Å². The lowest BCUT2D eigenvalue weighted by molar-refractivity contribution is 0.115. The minimum absolute atomic E-state index is 0.133. The molecule has 3 nitrogen and oxygen atoms in total. The van der Waals surface area contributed by atoms with Crippen LogP contribution in [0, 0.1) is 23.5 Å². The van der Waals surface area contributed by atoms with Crippen molar-refractivity contribution in [3.63, 3.8) is 0 Å². The molecule has 1 atom stereocenters. The Bertz CT molecular complexity index is 648. The number of rotatable bonds is 5. The van der Waals surface area contributed by atoms with Gasteiger partial charge in [0.2, 0.25) is 11.6 Å². The van der Waals surface area contributed by atoms with Crippen LogP contribution >= 0.6 is 11.3 Å². The third kappa shape index (κ3) is 3.48. The maximum absolute atomic E-state index is 14.1. The summed E-state index contributed by atoms with van der Waals surface area (Å²) in [4.78, 5) is 4.70.